The molecular formula is C114H98N32O2. The van der Waals surface area contributed by atoms with E-state index in [1.165, 1.54) is 69.2 Å². The van der Waals surface area contributed by atoms with Crippen molar-refractivity contribution < 1.29 is 9.59 Å². The number of benzene rings is 4. The maximum Gasteiger partial charge on any atom is 0.227 e. The van der Waals surface area contributed by atoms with Gasteiger partial charge in [-0.1, -0.05) is 69.4 Å². The molecule has 34 nitrogen and oxygen atoms in total. The van der Waals surface area contributed by atoms with Crippen LogP contribution in [0.5, 0.6) is 0 Å². The lowest BCUT2D eigenvalue weighted by Gasteiger charge is -2.26. The van der Waals surface area contributed by atoms with Crippen molar-refractivity contribution in [1.29, 1.82) is 0 Å². The number of nitrogens with one attached hydrogen (secondary N) is 11. The van der Waals surface area contributed by atoms with E-state index < -0.39 is 0 Å². The van der Waals surface area contributed by atoms with Crippen molar-refractivity contribution in [3.63, 3.8) is 0 Å². The first-order valence-electron chi connectivity index (χ1n) is 49.8. The number of aromatic nitrogens is 28. The number of hydrogen-bond donors (Lipinski definition) is 11. The summed E-state index contributed by atoms with van der Waals surface area (Å²) in [7, 11) is 0. The fraction of sp³-hybridized carbons (Fsp3) is 0.175. The van der Waals surface area contributed by atoms with E-state index in [2.05, 4.69) is 196 Å². The van der Waals surface area contributed by atoms with Gasteiger partial charge in [-0.3, -0.25) is 94.7 Å². The van der Waals surface area contributed by atoms with Crippen LogP contribution in [0.1, 0.15) is 95.1 Å². The second-order valence-corrected chi connectivity index (χ2v) is 37.5. The van der Waals surface area contributed by atoms with E-state index in [1.54, 1.807) is 99.1 Å². The van der Waals surface area contributed by atoms with Gasteiger partial charge in [-0.05, 0) is 235 Å². The molecule has 148 heavy (non-hydrogen) atoms. The molecule has 0 radical (unpaired) electrons. The molecule has 3 fully saturated rings. The van der Waals surface area contributed by atoms with Crippen LogP contribution in [0.25, 0.3) is 223 Å². The Hall–Kier alpha value is -18.7. The van der Waals surface area contributed by atoms with E-state index in [1.807, 2.05) is 147 Å². The maximum absolute atomic E-state index is 12.6. The number of fused-ring (bicyclic) bond motifs is 8. The highest BCUT2D eigenvalue weighted by atomic mass is 16.2. The molecule has 4 aromatic carbocycles. The molecule has 726 valence electrons. The van der Waals surface area contributed by atoms with E-state index >= 15 is 0 Å². The summed E-state index contributed by atoms with van der Waals surface area (Å²) < 4.78 is 0. The molecule has 0 unspecified atom stereocenters. The fourth-order valence-electron chi connectivity index (χ4n) is 20.1. The summed E-state index contributed by atoms with van der Waals surface area (Å²) in [6.07, 6.45) is 55.4. The molecule has 2 saturated carbocycles. The molecule has 3 aliphatic rings. The van der Waals surface area contributed by atoms with Crippen LogP contribution in [-0.2, 0) is 22.7 Å². The topological polar surface area (TPSA) is 458 Å². The number of pyridine rings is 12. The van der Waals surface area contributed by atoms with E-state index in [-0.39, 0.29) is 17.7 Å². The van der Waals surface area contributed by atoms with Gasteiger partial charge in [0.1, 0.15) is 28.3 Å². The van der Waals surface area contributed by atoms with Crippen LogP contribution in [0.15, 0.2) is 294 Å². The zero-order valence-electron chi connectivity index (χ0n) is 80.6. The number of likely N-dealkylation sites (tertiary alicyclic amines) is 1. The maximum atomic E-state index is 12.6. The lowest BCUT2D eigenvalue weighted by Crippen LogP contribution is -2.29. The van der Waals surface area contributed by atoms with Crippen molar-refractivity contribution in [2.24, 2.45) is 11.8 Å². The molecule has 27 rings (SSSR count). The molecule has 0 spiro atoms. The van der Waals surface area contributed by atoms with Crippen LogP contribution >= 0.6 is 0 Å². The first kappa shape index (κ1) is 91.8. The zero-order valence-corrected chi connectivity index (χ0v) is 80.6. The molecular weight excluding hydrogens is 1850 g/mol. The van der Waals surface area contributed by atoms with Gasteiger partial charge >= 0.3 is 0 Å². The Morgan fingerprint density at radius 2 is 0.709 bits per heavy atom. The number of piperidine rings is 1. The van der Waals surface area contributed by atoms with Gasteiger partial charge in [-0.15, -0.1) is 0 Å². The van der Waals surface area contributed by atoms with Crippen LogP contribution < -0.4 is 16.0 Å². The Morgan fingerprint density at radius 1 is 0.331 bits per heavy atom. The quantitative estimate of drug-likeness (QED) is 0.0300. The van der Waals surface area contributed by atoms with Gasteiger partial charge in [0.2, 0.25) is 11.8 Å². The van der Waals surface area contributed by atoms with Crippen molar-refractivity contribution in [2.45, 2.75) is 97.1 Å². The van der Waals surface area contributed by atoms with Gasteiger partial charge in [0.25, 0.3) is 0 Å². The van der Waals surface area contributed by atoms with E-state index in [9.17, 15) is 9.59 Å². The number of anilines is 2. The number of amides is 2. The SMILES string of the molecule is CCC(=O)Nc1cncc(-c2ccc3[nH]nc(-c4nc5c(-c6ccccn6)cncc5[nH]4)c3c2)c1.O=C(Nc1cncc(-c2ccc3[nH]nc(-c4nc5c(-c6ccncc6)cncc5[nH]4)c3c2)c1)C1CCCC1.c1cc(-c2cncc3[nH]c(-c4n[nH]c5ccc(-c6cncc(CN7CCCCC7)c6)cc45)nc23)ccn1.c1cc(-c2cncc3[nH]c(-c4n[nH]c5ccc(-c6cncc(CNCC7CCCC7)c6)cc45)nc23)ccn1. The van der Waals surface area contributed by atoms with Gasteiger partial charge in [-0.2, -0.15) is 20.4 Å². The van der Waals surface area contributed by atoms with Crippen LogP contribution in [-0.4, -0.2) is 177 Å². The number of H-pyrrole nitrogens is 8. The highest BCUT2D eigenvalue weighted by molar-refractivity contribution is 6.04. The number of carbonyl (C=O) groups is 2. The average Bonchev–Trinajstić information content (AvgIpc) is 1.63. The molecule has 0 bridgehead atoms. The molecule has 0 atom stereocenters. The normalized spacial score (nSPS) is 13.5. The summed E-state index contributed by atoms with van der Waals surface area (Å²) in [5.74, 6) is 3.65. The van der Waals surface area contributed by atoms with Crippen LogP contribution in [0.3, 0.4) is 0 Å². The summed E-state index contributed by atoms with van der Waals surface area (Å²) in [6.45, 7) is 7.03. The Kier molecular flexibility index (Phi) is 25.6. The Morgan fingerprint density at radius 3 is 1.13 bits per heavy atom. The third-order valence-electron chi connectivity index (χ3n) is 27.7. The number of imidazole rings is 4. The molecule has 24 aromatic rings. The molecule has 1 aliphatic heterocycles. The molecule has 34 heteroatoms. The molecule has 20 aromatic heterocycles. The third-order valence-corrected chi connectivity index (χ3v) is 27.7. The number of aromatic amines is 8. The van der Waals surface area contributed by atoms with Gasteiger partial charge in [0.05, 0.1) is 115 Å². The highest BCUT2D eigenvalue weighted by Crippen LogP contribution is 2.41. The molecule has 11 N–H and O–H groups in total. The van der Waals surface area contributed by atoms with Gasteiger partial charge in [-0.25, -0.2) is 19.9 Å². The number of nitrogens with zero attached hydrogens (tertiary/aromatic N) is 21. The standard InChI is InChI=1S/C30H28N8.C29H24N8O.C29H26N8.C26H20N8O/c1-2-4-19(3-1)13-32-14-20-11-23(16-33-15-20)22-5-6-26-24(12-22)29(38-37-26)30-35-27-18-34-17-25(28(27)36-30)21-7-9-31-10-8-21;38-29(18-3-1-2-4-18)33-21-11-20(13-31-14-21)19-5-6-24-22(12-19)27(37-36-24)28-34-25-16-32-15-23(26(25)35-28)17-7-9-30-10-8-17;1-2-10-37(11-3-1)18-19-12-22(15-31-14-19)21-4-5-25-23(13-21)28(36-35-25)29-33-26-17-32-16-24(27(26)34-29)20-6-8-30-9-7-20;1-2-23(35)30-17-9-16(11-27-12-17)15-6-7-21-18(10-15)25(34-33-21)26-31-22-14-28-13-19(24(22)32-26)20-5-3-4-8-29-20/h5-12,15-19,32H,1-4,13-14H2,(H,35,36)(H,37,38);5-16,18H,1-4H2,(H,33,38)(H,34,35)(H,36,37);4-9,12-17H,1-3,10-11,18H2,(H,33,34)(H,35,36);3-14H,2H2,1H3,(H,30,35)(H,31,32)(H,33,34). The first-order valence-corrected chi connectivity index (χ1v) is 49.8. The Labute approximate surface area is 845 Å². The first-order chi connectivity index (χ1) is 73.0. The van der Waals surface area contributed by atoms with Crippen molar-refractivity contribution in [1.82, 2.24) is 151 Å². The molecule has 1 saturated heterocycles. The molecule has 2 amide bonds. The van der Waals surface area contributed by atoms with E-state index in [4.69, 9.17) is 19.9 Å². The lowest BCUT2D eigenvalue weighted by atomic mass is 10.0. The second kappa shape index (κ2) is 41.3. The number of hydrogen-bond acceptors (Lipinski definition) is 24. The number of carbonyl (C=O) groups excluding carboxylic acids is 2. The lowest BCUT2D eigenvalue weighted by molar-refractivity contribution is -0.119. The second-order valence-electron chi connectivity index (χ2n) is 37.5. The van der Waals surface area contributed by atoms with Crippen LogP contribution in [0.4, 0.5) is 11.4 Å². The smallest absolute Gasteiger partial charge is 0.227 e. The minimum Gasteiger partial charge on any atom is -0.335 e. The summed E-state index contributed by atoms with van der Waals surface area (Å²) in [6, 6.07) is 50.7. The molecule has 21 heterocycles. The number of rotatable bonds is 22. The van der Waals surface area contributed by atoms with Crippen LogP contribution in [0.2, 0.25) is 0 Å². The summed E-state index contributed by atoms with van der Waals surface area (Å²) >= 11 is 0. The predicted octanol–water partition coefficient (Wildman–Crippen LogP) is 22.2. The van der Waals surface area contributed by atoms with Gasteiger partial charge in [0.15, 0.2) is 23.3 Å². The summed E-state index contributed by atoms with van der Waals surface area (Å²) in [4.78, 5) is 112. The van der Waals surface area contributed by atoms with Gasteiger partial charge < -0.3 is 35.9 Å². The van der Waals surface area contributed by atoms with E-state index in [0.717, 1.165) is 245 Å². The van der Waals surface area contributed by atoms with E-state index in [0.29, 0.717) is 46.8 Å². The minimum atomic E-state index is -0.0547. The zero-order chi connectivity index (χ0) is 99.2. The van der Waals surface area contributed by atoms with Crippen molar-refractivity contribution in [3.05, 3.63) is 305 Å². The van der Waals surface area contributed by atoms with Crippen LogP contribution in [0, 0.1) is 11.8 Å². The third kappa shape index (κ3) is 19.4. The summed E-state index contributed by atoms with van der Waals surface area (Å²) in [5.41, 5.74) is 32.9. The predicted molar refractivity (Wildman–Crippen MR) is 574 cm³/mol. The largest absolute Gasteiger partial charge is 0.335 e. The summed E-state index contributed by atoms with van der Waals surface area (Å²) in [5, 5.41) is 44.3. The van der Waals surface area contributed by atoms with Crippen molar-refractivity contribution in [2.75, 3.05) is 30.3 Å². The average molecular weight is 1950 g/mol. The highest BCUT2D eigenvalue weighted by Gasteiger charge is 2.27. The fourth-order valence-corrected chi connectivity index (χ4v) is 20.1. The Bertz CT molecular complexity index is 8940. The van der Waals surface area contributed by atoms with Crippen molar-refractivity contribution in [3.8, 4) is 135 Å². The van der Waals surface area contributed by atoms with Gasteiger partial charge in [0, 0.05) is 197 Å². The van der Waals surface area contributed by atoms with Crippen molar-refractivity contribution >= 4 is 111 Å². The monoisotopic (exact) mass is 1950 g/mol. The minimum absolute atomic E-state index is 0.0547. The Balaban J connectivity index is 0.000000105. The molecule has 2 aliphatic carbocycles.